The van der Waals surface area contributed by atoms with Gasteiger partial charge in [0.25, 0.3) is 0 Å². The number of pyridine rings is 1. The molecule has 0 aliphatic carbocycles. The van der Waals surface area contributed by atoms with Gasteiger partial charge in [0.15, 0.2) is 0 Å². The summed E-state index contributed by atoms with van der Waals surface area (Å²) in [7, 11) is 0. The van der Waals surface area contributed by atoms with Gasteiger partial charge in [-0.2, -0.15) is 0 Å². The Hall–Kier alpha value is -2.60. The lowest BCUT2D eigenvalue weighted by Crippen LogP contribution is -2.02. The van der Waals surface area contributed by atoms with E-state index in [1.807, 2.05) is 0 Å². The molecule has 0 bridgehead atoms. The summed E-state index contributed by atoms with van der Waals surface area (Å²) in [4.78, 5) is 16.7. The number of hydrogen-bond donors (Lipinski definition) is 1. The second kappa shape index (κ2) is 6.21. The highest BCUT2D eigenvalue weighted by Gasteiger charge is 2.18. The van der Waals surface area contributed by atoms with Gasteiger partial charge in [0.05, 0.1) is 4.92 Å². The molecule has 0 aliphatic rings. The van der Waals surface area contributed by atoms with Crippen LogP contribution >= 0.6 is 0 Å². The molecule has 0 spiro atoms. The Morgan fingerprint density at radius 2 is 2.44 bits per heavy atom. The fourth-order valence-electron chi connectivity index (χ4n) is 1.41. The Kier molecular flexibility index (Phi) is 4.65. The van der Waals surface area contributed by atoms with Crippen molar-refractivity contribution in [2.45, 2.75) is 13.3 Å². The number of hydrogen-bond acceptors (Lipinski definition) is 5. The van der Waals surface area contributed by atoms with Crippen LogP contribution < -0.4 is 5.73 Å². The molecule has 8 nitrogen and oxygen atoms in total. The summed E-state index contributed by atoms with van der Waals surface area (Å²) < 4.78 is 0. The van der Waals surface area contributed by atoms with E-state index in [0.717, 1.165) is 0 Å². The van der Waals surface area contributed by atoms with Crippen molar-refractivity contribution in [3.05, 3.63) is 44.0 Å². The predicted molar refractivity (Wildman–Crippen MR) is 67.7 cm³/mol. The predicted octanol–water partition coefficient (Wildman–Crippen LogP) is 2.59. The lowest BCUT2D eigenvalue weighted by molar-refractivity contribution is -0.384. The summed E-state index contributed by atoms with van der Waals surface area (Å²) in [6.45, 7) is 1.96. The maximum Gasteiger partial charge on any atom is 0.314 e. The molecule has 1 aromatic heterocycles. The van der Waals surface area contributed by atoms with Crippen LogP contribution in [0.25, 0.3) is 16.5 Å². The molecule has 1 heterocycles. The zero-order chi connectivity index (χ0) is 13.5. The van der Waals surface area contributed by atoms with Crippen LogP contribution in [-0.4, -0.2) is 16.5 Å². The molecule has 0 aliphatic heterocycles. The highest BCUT2D eigenvalue weighted by molar-refractivity contribution is 5.66. The van der Waals surface area contributed by atoms with Gasteiger partial charge >= 0.3 is 5.69 Å². The molecule has 1 aromatic rings. The molecular formula is C10H12N6O2. The Labute approximate surface area is 103 Å². The van der Waals surface area contributed by atoms with Crippen molar-refractivity contribution in [1.82, 2.24) is 4.98 Å². The number of nitrogen functional groups attached to an aromatic ring is 1. The van der Waals surface area contributed by atoms with Gasteiger partial charge < -0.3 is 5.73 Å². The number of anilines is 1. The third-order valence-electron chi connectivity index (χ3n) is 2.31. The summed E-state index contributed by atoms with van der Waals surface area (Å²) in [6, 6.07) is 0. The quantitative estimate of drug-likeness (QED) is 0.214. The van der Waals surface area contributed by atoms with Gasteiger partial charge in [-0.25, -0.2) is 4.98 Å². The van der Waals surface area contributed by atoms with Gasteiger partial charge in [0.2, 0.25) is 5.82 Å². The minimum absolute atomic E-state index is 0.0938. The van der Waals surface area contributed by atoms with Crippen molar-refractivity contribution in [1.29, 1.82) is 0 Å². The number of rotatable bonds is 5. The van der Waals surface area contributed by atoms with E-state index in [-0.39, 0.29) is 11.5 Å². The van der Waals surface area contributed by atoms with Crippen molar-refractivity contribution in [3.8, 4) is 0 Å². The molecule has 0 unspecified atom stereocenters. The second-order valence-corrected chi connectivity index (χ2v) is 3.48. The maximum absolute atomic E-state index is 10.8. The molecule has 0 saturated heterocycles. The Balaban J connectivity index is 2.94. The van der Waals surface area contributed by atoms with Crippen molar-refractivity contribution in [2.24, 2.45) is 5.11 Å². The molecule has 1 rings (SSSR count). The average Bonchev–Trinajstić information content (AvgIpc) is 2.31. The van der Waals surface area contributed by atoms with Gasteiger partial charge in [-0.05, 0) is 18.9 Å². The van der Waals surface area contributed by atoms with E-state index in [9.17, 15) is 10.1 Å². The number of nitrogens with two attached hydrogens (primary N) is 1. The van der Waals surface area contributed by atoms with Crippen LogP contribution in [0.3, 0.4) is 0 Å². The smallest absolute Gasteiger partial charge is 0.314 e. The van der Waals surface area contributed by atoms with Crippen LogP contribution in [0.1, 0.15) is 17.5 Å². The molecule has 2 N–H and O–H groups in total. The lowest BCUT2D eigenvalue weighted by atomic mass is 10.1. The first kappa shape index (κ1) is 13.5. The minimum Gasteiger partial charge on any atom is -0.378 e. The largest absolute Gasteiger partial charge is 0.378 e. The molecule has 0 fully saturated rings. The van der Waals surface area contributed by atoms with Crippen LogP contribution in [0.4, 0.5) is 11.5 Å². The van der Waals surface area contributed by atoms with Gasteiger partial charge in [-0.1, -0.05) is 17.3 Å². The highest BCUT2D eigenvalue weighted by atomic mass is 16.6. The van der Waals surface area contributed by atoms with E-state index in [4.69, 9.17) is 11.3 Å². The van der Waals surface area contributed by atoms with Gasteiger partial charge in [0.1, 0.15) is 0 Å². The number of azide groups is 1. The molecule has 0 saturated carbocycles. The zero-order valence-corrected chi connectivity index (χ0v) is 9.78. The van der Waals surface area contributed by atoms with Gasteiger partial charge in [-0.3, -0.25) is 10.1 Å². The molecular weight excluding hydrogens is 236 g/mol. The van der Waals surface area contributed by atoms with E-state index in [2.05, 4.69) is 15.0 Å². The number of aromatic nitrogens is 1. The fraction of sp³-hybridized carbons (Fsp3) is 0.300. The van der Waals surface area contributed by atoms with Crippen LogP contribution in [0.2, 0.25) is 0 Å². The van der Waals surface area contributed by atoms with Crippen molar-refractivity contribution < 1.29 is 4.92 Å². The lowest BCUT2D eigenvalue weighted by Gasteiger charge is -2.03. The molecule has 18 heavy (non-hydrogen) atoms. The minimum atomic E-state index is -0.547. The first-order valence-corrected chi connectivity index (χ1v) is 5.14. The van der Waals surface area contributed by atoms with E-state index >= 15 is 0 Å². The normalized spacial score (nSPS) is 10.3. The van der Waals surface area contributed by atoms with Gasteiger partial charge in [0, 0.05) is 28.8 Å². The summed E-state index contributed by atoms with van der Waals surface area (Å²) in [5, 5.41) is 14.2. The summed E-state index contributed by atoms with van der Waals surface area (Å²) in [5.41, 5.74) is 14.5. The van der Waals surface area contributed by atoms with Crippen molar-refractivity contribution >= 4 is 17.6 Å². The van der Waals surface area contributed by atoms with Crippen LogP contribution in [0.15, 0.2) is 17.4 Å². The van der Waals surface area contributed by atoms with E-state index in [1.54, 1.807) is 19.1 Å². The summed E-state index contributed by atoms with van der Waals surface area (Å²) in [5.74, 6) is -0.0938. The molecule has 0 atom stereocenters. The molecule has 0 aromatic carbocycles. The fourth-order valence-corrected chi connectivity index (χ4v) is 1.41. The molecule has 0 radical (unpaired) electrons. The molecule has 8 heteroatoms. The SMILES string of the molecule is Cc1c(C=CCCN=[N+]=[N-])cnc(N)c1[N+](=O)[O-]. The van der Waals surface area contributed by atoms with E-state index in [1.165, 1.54) is 6.20 Å². The van der Waals surface area contributed by atoms with Crippen LogP contribution in [-0.2, 0) is 0 Å². The monoisotopic (exact) mass is 248 g/mol. The van der Waals surface area contributed by atoms with Crippen LogP contribution in [0.5, 0.6) is 0 Å². The Morgan fingerprint density at radius 3 is 3.06 bits per heavy atom. The van der Waals surface area contributed by atoms with E-state index < -0.39 is 4.92 Å². The maximum atomic E-state index is 10.8. The van der Waals surface area contributed by atoms with Crippen molar-refractivity contribution in [2.75, 3.05) is 12.3 Å². The second-order valence-electron chi connectivity index (χ2n) is 3.48. The zero-order valence-electron chi connectivity index (χ0n) is 9.78. The number of nitro groups is 1. The standard InChI is InChI=1S/C10H12N6O2/c1-7-8(4-2-3-5-14-15-12)6-13-10(11)9(7)16(17)18/h2,4,6H,3,5H2,1H3,(H2,11,13). The molecule has 0 amide bonds. The average molecular weight is 248 g/mol. The Morgan fingerprint density at radius 1 is 1.72 bits per heavy atom. The molecule has 94 valence electrons. The van der Waals surface area contributed by atoms with Crippen LogP contribution in [0, 0.1) is 17.0 Å². The van der Waals surface area contributed by atoms with Crippen molar-refractivity contribution in [3.63, 3.8) is 0 Å². The van der Waals surface area contributed by atoms with E-state index in [0.29, 0.717) is 24.1 Å². The first-order valence-electron chi connectivity index (χ1n) is 5.14. The summed E-state index contributed by atoms with van der Waals surface area (Å²) >= 11 is 0. The first-order chi connectivity index (χ1) is 8.57. The third kappa shape index (κ3) is 3.19. The topological polar surface area (TPSA) is 131 Å². The Bertz CT molecular complexity index is 533. The summed E-state index contributed by atoms with van der Waals surface area (Å²) in [6.07, 6.45) is 5.49. The van der Waals surface area contributed by atoms with Gasteiger partial charge in [-0.15, -0.1) is 0 Å². The number of nitrogens with zero attached hydrogens (tertiary/aromatic N) is 5. The highest BCUT2D eigenvalue weighted by Crippen LogP contribution is 2.26. The third-order valence-corrected chi connectivity index (χ3v) is 2.31.